The number of para-hydroxylation sites is 2. The normalized spacial score (nSPS) is 13.8. The minimum Gasteiger partial charge on any atom is -0.368 e. The first kappa shape index (κ1) is 21.3. The lowest BCUT2D eigenvalue weighted by Crippen LogP contribution is -2.49. The molecule has 0 radical (unpaired) electrons. The van der Waals surface area contributed by atoms with E-state index in [2.05, 4.69) is 32.5 Å². The van der Waals surface area contributed by atoms with Crippen LogP contribution in [0.4, 0.5) is 11.4 Å². The molecule has 2 aromatic carbocycles. The Morgan fingerprint density at radius 3 is 2.45 bits per heavy atom. The Hall–Kier alpha value is -2.91. The van der Waals surface area contributed by atoms with E-state index in [-0.39, 0.29) is 16.8 Å². The first-order chi connectivity index (χ1) is 15.1. The van der Waals surface area contributed by atoms with Gasteiger partial charge in [-0.2, -0.15) is 0 Å². The molecule has 0 bridgehead atoms. The molecule has 0 atom stereocenters. The molecule has 0 aliphatic carbocycles. The highest BCUT2D eigenvalue weighted by Crippen LogP contribution is 2.24. The Kier molecular flexibility index (Phi) is 6.83. The number of thioether (sulfide) groups is 1. The van der Waals surface area contributed by atoms with Crippen molar-refractivity contribution in [3.63, 3.8) is 0 Å². The first-order valence-electron chi connectivity index (χ1n) is 10.0. The predicted octanol–water partition coefficient (Wildman–Crippen LogP) is 3.54. The van der Waals surface area contributed by atoms with Crippen LogP contribution in [-0.4, -0.2) is 58.8 Å². The van der Waals surface area contributed by atoms with Crippen LogP contribution in [0.15, 0.2) is 58.9 Å². The van der Waals surface area contributed by atoms with E-state index in [1.54, 1.807) is 0 Å². The molecule has 1 aliphatic heterocycles. The molecular formula is C22H23N5O2S2. The number of hydrogen-bond acceptors (Lipinski definition) is 7. The molecule has 7 nitrogen and oxygen atoms in total. The van der Waals surface area contributed by atoms with Crippen LogP contribution in [0.2, 0.25) is 0 Å². The lowest BCUT2D eigenvalue weighted by atomic mass is 10.2. The summed E-state index contributed by atoms with van der Waals surface area (Å²) < 4.78 is 0.617. The number of nitrogens with one attached hydrogen (secondary N) is 1. The summed E-state index contributed by atoms with van der Waals surface area (Å²) in [6, 6.07) is 17.8. The Bertz CT molecular complexity index is 1050. The van der Waals surface area contributed by atoms with Crippen LogP contribution in [0.1, 0.15) is 15.4 Å². The van der Waals surface area contributed by atoms with Gasteiger partial charge in [0.25, 0.3) is 5.91 Å². The van der Waals surface area contributed by atoms with Gasteiger partial charge in [0.1, 0.15) is 0 Å². The Morgan fingerprint density at radius 2 is 1.71 bits per heavy atom. The zero-order chi connectivity index (χ0) is 21.6. The van der Waals surface area contributed by atoms with Gasteiger partial charge in [-0.3, -0.25) is 9.59 Å². The summed E-state index contributed by atoms with van der Waals surface area (Å²) in [5.74, 6) is 0.0835. The Labute approximate surface area is 189 Å². The van der Waals surface area contributed by atoms with Gasteiger partial charge in [-0.1, -0.05) is 59.5 Å². The number of anilines is 2. The topological polar surface area (TPSA) is 78.4 Å². The molecule has 160 valence electrons. The van der Waals surface area contributed by atoms with E-state index in [4.69, 9.17) is 0 Å². The summed E-state index contributed by atoms with van der Waals surface area (Å²) in [5.41, 5.74) is 2.92. The van der Waals surface area contributed by atoms with Gasteiger partial charge in [0.05, 0.1) is 5.75 Å². The summed E-state index contributed by atoms with van der Waals surface area (Å²) in [4.78, 5) is 29.2. The summed E-state index contributed by atoms with van der Waals surface area (Å²) >= 11 is 2.53. The number of benzene rings is 2. The fourth-order valence-electron chi connectivity index (χ4n) is 3.32. The third-order valence-corrected chi connectivity index (χ3v) is 7.11. The van der Waals surface area contributed by atoms with E-state index in [0.717, 1.165) is 24.3 Å². The van der Waals surface area contributed by atoms with E-state index in [1.165, 1.54) is 28.8 Å². The summed E-state index contributed by atoms with van der Waals surface area (Å²) in [5, 5.41) is 11.2. The lowest BCUT2D eigenvalue weighted by molar-refractivity contribution is -0.128. The van der Waals surface area contributed by atoms with Gasteiger partial charge in [0, 0.05) is 37.6 Å². The highest BCUT2D eigenvalue weighted by molar-refractivity contribution is 8.01. The van der Waals surface area contributed by atoms with Crippen molar-refractivity contribution >= 4 is 46.3 Å². The van der Waals surface area contributed by atoms with Crippen molar-refractivity contribution in [3.05, 3.63) is 65.2 Å². The number of rotatable bonds is 6. The van der Waals surface area contributed by atoms with Gasteiger partial charge < -0.3 is 15.1 Å². The van der Waals surface area contributed by atoms with Crippen molar-refractivity contribution in [2.24, 2.45) is 0 Å². The molecule has 1 fully saturated rings. The molecule has 31 heavy (non-hydrogen) atoms. The number of aromatic nitrogens is 2. The van der Waals surface area contributed by atoms with Crippen molar-refractivity contribution in [1.29, 1.82) is 0 Å². The maximum Gasteiger partial charge on any atom is 0.286 e. The average molecular weight is 454 g/mol. The third kappa shape index (κ3) is 5.42. The second-order valence-electron chi connectivity index (χ2n) is 7.13. The molecule has 9 heteroatoms. The van der Waals surface area contributed by atoms with E-state index >= 15 is 0 Å². The van der Waals surface area contributed by atoms with Gasteiger partial charge in [-0.25, -0.2) is 0 Å². The zero-order valence-corrected chi connectivity index (χ0v) is 18.8. The van der Waals surface area contributed by atoms with Crippen LogP contribution < -0.4 is 10.2 Å². The van der Waals surface area contributed by atoms with Crippen molar-refractivity contribution in [2.45, 2.75) is 11.3 Å². The fourth-order valence-corrected chi connectivity index (χ4v) is 4.97. The Morgan fingerprint density at radius 1 is 1.00 bits per heavy atom. The summed E-state index contributed by atoms with van der Waals surface area (Å²) in [7, 11) is 0. The average Bonchev–Trinajstić information content (AvgIpc) is 3.29. The molecule has 0 spiro atoms. The molecule has 0 saturated carbocycles. The van der Waals surface area contributed by atoms with Gasteiger partial charge >= 0.3 is 0 Å². The van der Waals surface area contributed by atoms with E-state index in [1.807, 2.05) is 54.3 Å². The lowest BCUT2D eigenvalue weighted by Gasteiger charge is -2.36. The molecule has 2 amide bonds. The predicted molar refractivity (Wildman–Crippen MR) is 125 cm³/mol. The summed E-state index contributed by atoms with van der Waals surface area (Å²) in [6.45, 7) is 4.98. The van der Waals surface area contributed by atoms with Crippen LogP contribution >= 0.6 is 23.1 Å². The molecule has 0 unspecified atom stereocenters. The van der Waals surface area contributed by atoms with Gasteiger partial charge in [-0.15, -0.1) is 10.2 Å². The summed E-state index contributed by atoms with van der Waals surface area (Å²) in [6.07, 6.45) is 0. The van der Waals surface area contributed by atoms with Crippen LogP contribution in [0.3, 0.4) is 0 Å². The van der Waals surface area contributed by atoms with Crippen molar-refractivity contribution < 1.29 is 9.59 Å². The van der Waals surface area contributed by atoms with E-state index in [9.17, 15) is 9.59 Å². The standard InChI is InChI=1S/C22H23N5O2S2/c1-16-7-5-6-10-18(16)23-20(29)21-24-25-22(31-21)30-15-19(28)27-13-11-26(12-14-27)17-8-3-2-4-9-17/h2-10H,11-15H2,1H3,(H,23,29). The smallest absolute Gasteiger partial charge is 0.286 e. The quantitative estimate of drug-likeness (QED) is 0.575. The van der Waals surface area contributed by atoms with Crippen LogP contribution in [-0.2, 0) is 4.79 Å². The Balaban J connectivity index is 1.25. The van der Waals surface area contributed by atoms with Crippen molar-refractivity contribution in [2.75, 3.05) is 42.1 Å². The highest BCUT2D eigenvalue weighted by atomic mass is 32.2. The zero-order valence-electron chi connectivity index (χ0n) is 17.2. The van der Waals surface area contributed by atoms with Crippen molar-refractivity contribution in [1.82, 2.24) is 15.1 Å². The second-order valence-corrected chi connectivity index (χ2v) is 9.33. The molecule has 2 heterocycles. The molecular weight excluding hydrogens is 430 g/mol. The molecule has 1 N–H and O–H groups in total. The minimum atomic E-state index is -0.290. The minimum absolute atomic E-state index is 0.0822. The van der Waals surface area contributed by atoms with Crippen LogP contribution in [0, 0.1) is 6.92 Å². The second kappa shape index (κ2) is 9.93. The third-order valence-electron chi connectivity index (χ3n) is 5.07. The fraction of sp³-hybridized carbons (Fsp3) is 0.273. The molecule has 1 saturated heterocycles. The maximum absolute atomic E-state index is 12.6. The van der Waals surface area contributed by atoms with E-state index in [0.29, 0.717) is 23.2 Å². The SMILES string of the molecule is Cc1ccccc1NC(=O)c1nnc(SCC(=O)N2CCN(c3ccccc3)CC2)s1. The highest BCUT2D eigenvalue weighted by Gasteiger charge is 2.22. The largest absolute Gasteiger partial charge is 0.368 e. The van der Waals surface area contributed by atoms with Crippen LogP contribution in [0.25, 0.3) is 0 Å². The molecule has 4 rings (SSSR count). The number of carbonyl (C=O) groups is 2. The van der Waals surface area contributed by atoms with Gasteiger partial charge in [-0.05, 0) is 30.7 Å². The van der Waals surface area contributed by atoms with Gasteiger partial charge in [0.2, 0.25) is 10.9 Å². The first-order valence-corrected chi connectivity index (χ1v) is 11.8. The van der Waals surface area contributed by atoms with Gasteiger partial charge in [0.15, 0.2) is 4.34 Å². The molecule has 1 aromatic heterocycles. The number of aryl methyl sites for hydroxylation is 1. The number of nitrogens with zero attached hydrogens (tertiary/aromatic N) is 4. The number of piperazine rings is 1. The maximum atomic E-state index is 12.6. The number of hydrogen-bond donors (Lipinski definition) is 1. The number of amides is 2. The van der Waals surface area contributed by atoms with E-state index < -0.39 is 0 Å². The molecule has 1 aliphatic rings. The van der Waals surface area contributed by atoms with Crippen molar-refractivity contribution in [3.8, 4) is 0 Å². The molecule has 3 aromatic rings. The van der Waals surface area contributed by atoms with Crippen LogP contribution in [0.5, 0.6) is 0 Å². The number of carbonyl (C=O) groups excluding carboxylic acids is 2. The monoisotopic (exact) mass is 453 g/mol.